The Morgan fingerprint density at radius 1 is 1.69 bits per heavy atom. The zero-order valence-electron chi connectivity index (χ0n) is 7.49. The lowest BCUT2D eigenvalue weighted by atomic mass is 10.1. The van der Waals surface area contributed by atoms with Gasteiger partial charge in [-0.15, -0.1) is 0 Å². The van der Waals surface area contributed by atoms with Crippen molar-refractivity contribution in [1.29, 1.82) is 0 Å². The van der Waals surface area contributed by atoms with Crippen LogP contribution in [0.3, 0.4) is 0 Å². The number of nitrogen functional groups attached to an aromatic ring is 1. The summed E-state index contributed by atoms with van der Waals surface area (Å²) >= 11 is 0. The second kappa shape index (κ2) is 4.57. The molecule has 0 atom stereocenters. The Labute approximate surface area is 76.7 Å². The minimum Gasteiger partial charge on any atom is -0.384 e. The fraction of sp³-hybridized carbons (Fsp3) is 0.333. The summed E-state index contributed by atoms with van der Waals surface area (Å²) in [5.74, 6) is 0.468. The maximum atomic E-state index is 11.1. The Balaban J connectivity index is 2.58. The van der Waals surface area contributed by atoms with Crippen LogP contribution in [0.2, 0.25) is 0 Å². The molecule has 1 aromatic heterocycles. The quantitative estimate of drug-likeness (QED) is 0.729. The van der Waals surface area contributed by atoms with Crippen LogP contribution in [-0.2, 0) is 16.0 Å². The summed E-state index contributed by atoms with van der Waals surface area (Å²) in [6, 6.07) is 3.46. The first kappa shape index (κ1) is 9.67. The fourth-order valence-corrected chi connectivity index (χ4v) is 1.04. The van der Waals surface area contributed by atoms with Crippen molar-refractivity contribution in [3.63, 3.8) is 0 Å². The number of hydrogen-bond acceptors (Lipinski definition) is 4. The molecule has 0 fully saturated rings. The third kappa shape index (κ3) is 3.21. The largest absolute Gasteiger partial charge is 0.384 e. The molecular weight excluding hydrogens is 168 g/mol. The average Bonchev–Trinajstić information content (AvgIpc) is 2.04. The SMILES string of the molecule is COCC(=O)Cc1ccnc(N)c1. The van der Waals surface area contributed by atoms with Gasteiger partial charge in [0.15, 0.2) is 5.78 Å². The molecule has 1 rings (SSSR count). The molecule has 4 nitrogen and oxygen atoms in total. The minimum absolute atomic E-state index is 0.0353. The highest BCUT2D eigenvalue weighted by atomic mass is 16.5. The third-order valence-electron chi connectivity index (χ3n) is 1.55. The highest BCUT2D eigenvalue weighted by Gasteiger charge is 2.02. The van der Waals surface area contributed by atoms with Crippen molar-refractivity contribution in [2.24, 2.45) is 0 Å². The molecule has 0 radical (unpaired) electrons. The molecule has 4 heteroatoms. The van der Waals surface area contributed by atoms with Gasteiger partial charge in [0.25, 0.3) is 0 Å². The number of aromatic nitrogens is 1. The van der Waals surface area contributed by atoms with Gasteiger partial charge in [-0.3, -0.25) is 4.79 Å². The summed E-state index contributed by atoms with van der Waals surface area (Å²) in [7, 11) is 1.50. The van der Waals surface area contributed by atoms with Gasteiger partial charge in [0.2, 0.25) is 0 Å². The summed E-state index contributed by atoms with van der Waals surface area (Å²) in [6.45, 7) is 0.141. The lowest BCUT2D eigenvalue weighted by Gasteiger charge is -2.00. The molecule has 0 aliphatic rings. The highest BCUT2D eigenvalue weighted by Crippen LogP contribution is 2.04. The van der Waals surface area contributed by atoms with Crippen molar-refractivity contribution in [3.05, 3.63) is 23.9 Å². The molecule has 0 spiro atoms. The summed E-state index contributed by atoms with van der Waals surface area (Å²) in [6.07, 6.45) is 1.94. The smallest absolute Gasteiger partial charge is 0.162 e. The van der Waals surface area contributed by atoms with Crippen LogP contribution in [0.5, 0.6) is 0 Å². The summed E-state index contributed by atoms with van der Waals surface area (Å²) in [5, 5.41) is 0. The van der Waals surface area contributed by atoms with Crippen molar-refractivity contribution in [2.45, 2.75) is 6.42 Å². The molecule has 1 heterocycles. The summed E-state index contributed by atoms with van der Waals surface area (Å²) in [4.78, 5) is 15.0. The molecule has 0 aromatic carbocycles. The van der Waals surface area contributed by atoms with Crippen LogP contribution in [0.4, 0.5) is 5.82 Å². The van der Waals surface area contributed by atoms with Gasteiger partial charge < -0.3 is 10.5 Å². The van der Waals surface area contributed by atoms with E-state index in [4.69, 9.17) is 10.5 Å². The Hall–Kier alpha value is -1.42. The van der Waals surface area contributed by atoms with Crippen LogP contribution < -0.4 is 5.73 Å². The van der Waals surface area contributed by atoms with Gasteiger partial charge >= 0.3 is 0 Å². The van der Waals surface area contributed by atoms with E-state index in [1.165, 1.54) is 7.11 Å². The van der Waals surface area contributed by atoms with E-state index in [0.29, 0.717) is 12.2 Å². The van der Waals surface area contributed by atoms with E-state index in [1.807, 2.05) is 0 Å². The summed E-state index contributed by atoms with van der Waals surface area (Å²) < 4.78 is 4.71. The molecule has 0 aliphatic heterocycles. The van der Waals surface area contributed by atoms with Crippen LogP contribution in [0.15, 0.2) is 18.3 Å². The zero-order chi connectivity index (χ0) is 9.68. The monoisotopic (exact) mass is 180 g/mol. The van der Waals surface area contributed by atoms with Gasteiger partial charge in [-0.25, -0.2) is 4.98 Å². The van der Waals surface area contributed by atoms with E-state index in [2.05, 4.69) is 4.98 Å². The van der Waals surface area contributed by atoms with Gasteiger partial charge in [-0.2, -0.15) is 0 Å². The molecule has 1 aromatic rings. The van der Waals surface area contributed by atoms with Crippen molar-refractivity contribution < 1.29 is 9.53 Å². The number of Topliss-reactive ketones (excluding diaryl/α,β-unsaturated/α-hetero) is 1. The predicted molar refractivity (Wildman–Crippen MR) is 49.2 cm³/mol. The first-order valence-electron chi connectivity index (χ1n) is 3.93. The predicted octanol–water partition coefficient (Wildman–Crippen LogP) is 0.422. The van der Waals surface area contributed by atoms with Crippen LogP contribution in [0, 0.1) is 0 Å². The number of methoxy groups -OCH3 is 1. The lowest BCUT2D eigenvalue weighted by Crippen LogP contribution is -2.09. The second-order valence-corrected chi connectivity index (χ2v) is 2.74. The number of rotatable bonds is 4. The first-order chi connectivity index (χ1) is 6.22. The van der Waals surface area contributed by atoms with Crippen molar-refractivity contribution in [1.82, 2.24) is 4.98 Å². The maximum Gasteiger partial charge on any atom is 0.162 e. The first-order valence-corrected chi connectivity index (χ1v) is 3.93. The molecule has 0 saturated heterocycles. The third-order valence-corrected chi connectivity index (χ3v) is 1.55. The number of pyridine rings is 1. The molecule has 13 heavy (non-hydrogen) atoms. The number of carbonyl (C=O) groups excluding carboxylic acids is 1. The number of hydrogen-bond donors (Lipinski definition) is 1. The standard InChI is InChI=1S/C9H12N2O2/c1-13-6-8(12)4-7-2-3-11-9(10)5-7/h2-3,5H,4,6H2,1H3,(H2,10,11). The van der Waals surface area contributed by atoms with Crippen LogP contribution >= 0.6 is 0 Å². The maximum absolute atomic E-state index is 11.1. The van der Waals surface area contributed by atoms with Crippen molar-refractivity contribution in [2.75, 3.05) is 19.5 Å². The molecule has 0 bridgehead atoms. The molecule has 0 unspecified atom stereocenters. The second-order valence-electron chi connectivity index (χ2n) is 2.74. The Morgan fingerprint density at radius 3 is 3.08 bits per heavy atom. The van der Waals surface area contributed by atoms with Crippen LogP contribution in [-0.4, -0.2) is 24.5 Å². The molecule has 0 aliphatic carbocycles. The minimum atomic E-state index is 0.0353. The van der Waals surface area contributed by atoms with E-state index < -0.39 is 0 Å². The van der Waals surface area contributed by atoms with E-state index in [9.17, 15) is 4.79 Å². The van der Waals surface area contributed by atoms with Crippen LogP contribution in [0.25, 0.3) is 0 Å². The molecule has 0 amide bonds. The number of carbonyl (C=O) groups is 1. The van der Waals surface area contributed by atoms with Crippen molar-refractivity contribution >= 4 is 11.6 Å². The molecule has 70 valence electrons. The Kier molecular flexibility index (Phi) is 3.40. The molecular formula is C9H12N2O2. The van der Waals surface area contributed by atoms with Gasteiger partial charge in [-0.05, 0) is 17.7 Å². The van der Waals surface area contributed by atoms with Gasteiger partial charge in [-0.1, -0.05) is 0 Å². The number of nitrogens with zero attached hydrogens (tertiary/aromatic N) is 1. The zero-order valence-corrected chi connectivity index (χ0v) is 7.49. The van der Waals surface area contributed by atoms with Crippen molar-refractivity contribution in [3.8, 4) is 0 Å². The number of anilines is 1. The van der Waals surface area contributed by atoms with Gasteiger partial charge in [0, 0.05) is 19.7 Å². The number of nitrogens with two attached hydrogens (primary N) is 1. The number of ether oxygens (including phenoxy) is 1. The van der Waals surface area contributed by atoms with E-state index in [-0.39, 0.29) is 12.4 Å². The lowest BCUT2D eigenvalue weighted by molar-refractivity contribution is -0.121. The Morgan fingerprint density at radius 2 is 2.46 bits per heavy atom. The fourth-order valence-electron chi connectivity index (χ4n) is 1.04. The Bertz CT molecular complexity index is 299. The molecule has 0 saturated carbocycles. The van der Waals surface area contributed by atoms with E-state index in [1.54, 1.807) is 18.3 Å². The summed E-state index contributed by atoms with van der Waals surface area (Å²) in [5.41, 5.74) is 6.32. The van der Waals surface area contributed by atoms with Gasteiger partial charge in [0.1, 0.15) is 12.4 Å². The topological polar surface area (TPSA) is 65.2 Å². The average molecular weight is 180 g/mol. The number of ketones is 1. The van der Waals surface area contributed by atoms with E-state index >= 15 is 0 Å². The van der Waals surface area contributed by atoms with E-state index in [0.717, 1.165) is 5.56 Å². The highest BCUT2D eigenvalue weighted by molar-refractivity contribution is 5.82. The van der Waals surface area contributed by atoms with Gasteiger partial charge in [0.05, 0.1) is 0 Å². The van der Waals surface area contributed by atoms with Crippen LogP contribution in [0.1, 0.15) is 5.56 Å². The molecule has 2 N–H and O–H groups in total. The normalized spacial score (nSPS) is 9.92.